The van der Waals surface area contributed by atoms with E-state index in [1.54, 1.807) is 0 Å². The number of nitrogens with zero attached hydrogens (tertiary/aromatic N) is 2. The van der Waals surface area contributed by atoms with Crippen molar-refractivity contribution < 1.29 is 39.3 Å². The van der Waals surface area contributed by atoms with Crippen LogP contribution in [0.5, 0.6) is 0 Å². The zero-order chi connectivity index (χ0) is 14.9. The van der Waals surface area contributed by atoms with Gasteiger partial charge in [-0.25, -0.2) is 0 Å². The molecule has 0 atom stereocenters. The Morgan fingerprint density at radius 3 is 1.21 bits per heavy atom. The molecular formula is C8H16N6O4Zn. The number of rotatable bonds is 4. The third-order valence-corrected chi connectivity index (χ3v) is 1.56. The molecule has 0 radical (unpaired) electrons. The van der Waals surface area contributed by atoms with Crippen molar-refractivity contribution in [1.29, 1.82) is 10.8 Å². The second kappa shape index (κ2) is 11.2. The van der Waals surface area contributed by atoms with Crippen LogP contribution in [0.1, 0.15) is 0 Å². The first kappa shape index (κ1) is 22.3. The molecule has 0 heterocycles. The number of carboxylic acids is 2. The van der Waals surface area contributed by atoms with Crippen LogP contribution in [-0.4, -0.2) is 60.8 Å². The van der Waals surface area contributed by atoms with Gasteiger partial charge in [0.2, 0.25) is 0 Å². The van der Waals surface area contributed by atoms with Gasteiger partial charge in [0.25, 0.3) is 0 Å². The fraction of sp³-hybridized carbons (Fsp3) is 0.500. The van der Waals surface area contributed by atoms with Crippen molar-refractivity contribution in [1.82, 2.24) is 9.80 Å². The van der Waals surface area contributed by atoms with E-state index in [9.17, 15) is 19.8 Å². The van der Waals surface area contributed by atoms with Crippen LogP contribution in [0.25, 0.3) is 0 Å². The van der Waals surface area contributed by atoms with Crippen molar-refractivity contribution in [2.45, 2.75) is 0 Å². The zero-order valence-corrected chi connectivity index (χ0v) is 13.8. The van der Waals surface area contributed by atoms with E-state index in [-0.39, 0.29) is 44.5 Å². The minimum atomic E-state index is -1.24. The third-order valence-electron chi connectivity index (χ3n) is 1.56. The van der Waals surface area contributed by atoms with Crippen molar-refractivity contribution in [2.75, 3.05) is 27.2 Å². The summed E-state index contributed by atoms with van der Waals surface area (Å²) in [5.41, 5.74) is 9.80. The Morgan fingerprint density at radius 2 is 1.16 bits per heavy atom. The summed E-state index contributed by atoms with van der Waals surface area (Å²) >= 11 is 0. The van der Waals surface area contributed by atoms with Crippen molar-refractivity contribution in [3.05, 3.63) is 0 Å². The number of likely N-dealkylation sites (N-methyl/N-ethyl adjacent to an activating group) is 2. The molecule has 0 aliphatic carbocycles. The van der Waals surface area contributed by atoms with E-state index in [2.05, 4.69) is 0 Å². The number of carbonyl (C=O) groups excluding carboxylic acids is 2. The molecule has 0 aromatic rings. The second-order valence-electron chi connectivity index (χ2n) is 3.23. The van der Waals surface area contributed by atoms with Crippen molar-refractivity contribution >= 4 is 23.9 Å². The first-order valence-corrected chi connectivity index (χ1v) is 4.58. The smallest absolute Gasteiger partial charge is 0.548 e. The van der Waals surface area contributed by atoms with Crippen LogP contribution in [0.15, 0.2) is 0 Å². The molecule has 0 fully saturated rings. The predicted molar refractivity (Wildman–Crippen MR) is 59.1 cm³/mol. The molecule has 0 unspecified atom stereocenters. The maximum Gasteiger partial charge on any atom is 2.00 e. The molecule has 0 rings (SSSR count). The SMILES string of the molecule is CN(CC(=O)[O-])C(=N)N.CN(CC(=O)[O-])C(=N)N.[Zn+2]. The number of carboxylic acid groups (broad SMARTS) is 2. The van der Waals surface area contributed by atoms with Gasteiger partial charge < -0.3 is 41.1 Å². The fourth-order valence-corrected chi connectivity index (χ4v) is 0.558. The molecule has 19 heavy (non-hydrogen) atoms. The summed E-state index contributed by atoms with van der Waals surface area (Å²) in [6.45, 7) is -0.676. The molecule has 0 saturated carbocycles. The normalized spacial score (nSPS) is 8.11. The summed E-state index contributed by atoms with van der Waals surface area (Å²) in [6, 6.07) is 0. The van der Waals surface area contributed by atoms with Crippen molar-refractivity contribution in [3.63, 3.8) is 0 Å². The Bertz CT molecular complexity index is 305. The van der Waals surface area contributed by atoms with Crippen molar-refractivity contribution in [3.8, 4) is 0 Å². The molecule has 0 aromatic heterocycles. The van der Waals surface area contributed by atoms with Crippen LogP contribution in [0, 0.1) is 10.8 Å². The van der Waals surface area contributed by atoms with Crippen LogP contribution in [0.2, 0.25) is 0 Å². The molecule has 104 valence electrons. The minimum absolute atomic E-state index is 0. The Labute approximate surface area is 123 Å². The van der Waals surface area contributed by atoms with Gasteiger partial charge in [-0.15, -0.1) is 0 Å². The predicted octanol–water partition coefficient (Wildman–Crippen LogP) is -4.88. The monoisotopic (exact) mass is 324 g/mol. The topological polar surface area (TPSA) is 186 Å². The van der Waals surface area contributed by atoms with E-state index in [1.165, 1.54) is 14.1 Å². The van der Waals surface area contributed by atoms with Crippen LogP contribution in [0.3, 0.4) is 0 Å². The summed E-state index contributed by atoms with van der Waals surface area (Å²) in [6.07, 6.45) is 0. The molecule has 6 N–H and O–H groups in total. The third kappa shape index (κ3) is 16.1. The summed E-state index contributed by atoms with van der Waals surface area (Å²) in [5.74, 6) is -3.04. The summed E-state index contributed by atoms with van der Waals surface area (Å²) in [7, 11) is 2.80. The molecule has 0 aliphatic heterocycles. The Balaban J connectivity index is -0.000000256. The molecule has 0 aromatic carbocycles. The average molecular weight is 326 g/mol. The van der Waals surface area contributed by atoms with Gasteiger partial charge in [0.15, 0.2) is 11.9 Å². The van der Waals surface area contributed by atoms with Crippen molar-refractivity contribution in [2.24, 2.45) is 11.5 Å². The molecular weight excluding hydrogens is 310 g/mol. The number of nitrogens with one attached hydrogen (secondary N) is 2. The van der Waals surface area contributed by atoms with Gasteiger partial charge in [0.05, 0.1) is 25.0 Å². The van der Waals surface area contributed by atoms with E-state index in [0.717, 1.165) is 9.80 Å². The average Bonchev–Trinajstić information content (AvgIpc) is 2.16. The molecule has 0 spiro atoms. The first-order valence-electron chi connectivity index (χ1n) is 4.58. The van der Waals surface area contributed by atoms with E-state index in [4.69, 9.17) is 22.3 Å². The molecule has 0 saturated heterocycles. The molecule has 0 bridgehead atoms. The van der Waals surface area contributed by atoms with Gasteiger partial charge in [0, 0.05) is 14.1 Å². The van der Waals surface area contributed by atoms with E-state index in [1.807, 2.05) is 0 Å². The largest absolute Gasteiger partial charge is 2.00 e. The molecule has 11 heteroatoms. The maximum atomic E-state index is 9.81. The van der Waals surface area contributed by atoms with Crippen LogP contribution >= 0.6 is 0 Å². The molecule has 0 aliphatic rings. The van der Waals surface area contributed by atoms with Crippen LogP contribution < -0.4 is 21.7 Å². The number of guanidine groups is 2. The number of hydrogen-bond acceptors (Lipinski definition) is 6. The Morgan fingerprint density at radius 1 is 0.947 bits per heavy atom. The zero-order valence-electron chi connectivity index (χ0n) is 10.8. The van der Waals surface area contributed by atoms with Gasteiger partial charge >= 0.3 is 19.5 Å². The minimum Gasteiger partial charge on any atom is -0.548 e. The summed E-state index contributed by atoms with van der Waals surface area (Å²) < 4.78 is 0. The maximum absolute atomic E-state index is 9.81. The van der Waals surface area contributed by atoms with Crippen LogP contribution in [0.4, 0.5) is 0 Å². The number of nitrogens with two attached hydrogens (primary N) is 2. The number of aliphatic carboxylic acids is 2. The molecule has 10 nitrogen and oxygen atoms in total. The Hall–Kier alpha value is -1.90. The summed E-state index contributed by atoms with van der Waals surface area (Å²) in [5, 5.41) is 33.0. The standard InChI is InChI=1S/2C4H9N3O2.Zn/c2*1-7(4(5)6)2-3(8)9;/h2*2H2,1H3,(H3,5,6)(H,8,9);/q;;+2/p-2. The van der Waals surface area contributed by atoms with Gasteiger partial charge in [-0.3, -0.25) is 10.8 Å². The summed E-state index contributed by atoms with van der Waals surface area (Å²) in [4.78, 5) is 21.7. The van der Waals surface area contributed by atoms with Crippen LogP contribution in [-0.2, 0) is 29.1 Å². The number of hydrogen-bond donors (Lipinski definition) is 4. The van der Waals surface area contributed by atoms with Gasteiger partial charge in [0.1, 0.15) is 0 Å². The van der Waals surface area contributed by atoms with Gasteiger partial charge in [-0.1, -0.05) is 0 Å². The molecule has 0 amide bonds. The number of carbonyl (C=O) groups is 2. The Kier molecular flexibility index (Phi) is 13.2. The van der Waals surface area contributed by atoms with Gasteiger partial charge in [-0.05, 0) is 0 Å². The van der Waals surface area contributed by atoms with E-state index >= 15 is 0 Å². The fourth-order valence-electron chi connectivity index (χ4n) is 0.558. The quantitative estimate of drug-likeness (QED) is 0.225. The van der Waals surface area contributed by atoms with E-state index < -0.39 is 11.9 Å². The second-order valence-corrected chi connectivity index (χ2v) is 3.23. The van der Waals surface area contributed by atoms with Gasteiger partial charge in [-0.2, -0.15) is 0 Å². The first-order chi connectivity index (χ1) is 8.07. The van der Waals surface area contributed by atoms with E-state index in [0.29, 0.717) is 0 Å².